The van der Waals surface area contributed by atoms with Gasteiger partial charge in [0.2, 0.25) is 11.8 Å². The number of nitrogens with zero attached hydrogens (tertiary/aromatic N) is 1. The lowest BCUT2D eigenvalue weighted by atomic mass is 10.1. The quantitative estimate of drug-likeness (QED) is 0.375. The molecule has 2 amide bonds. The van der Waals surface area contributed by atoms with Gasteiger partial charge in [0.15, 0.2) is 5.11 Å². The lowest BCUT2D eigenvalue weighted by Crippen LogP contribution is -2.60. The van der Waals surface area contributed by atoms with E-state index in [1.54, 1.807) is 24.3 Å². The Bertz CT molecular complexity index is 728. The second-order valence-electron chi connectivity index (χ2n) is 6.07. The molecule has 28 heavy (non-hydrogen) atoms. The van der Waals surface area contributed by atoms with E-state index in [2.05, 4.69) is 10.6 Å². The van der Waals surface area contributed by atoms with Crippen LogP contribution in [0.2, 0.25) is 5.02 Å². The molecule has 0 aromatic heterocycles. The van der Waals surface area contributed by atoms with Gasteiger partial charge in [-0.15, -0.1) is 0 Å². The number of halogens is 1. The summed E-state index contributed by atoms with van der Waals surface area (Å²) in [6.07, 6.45) is -0.0657. The normalized spacial score (nSPS) is 16.3. The zero-order valence-corrected chi connectivity index (χ0v) is 17.0. The van der Waals surface area contributed by atoms with Gasteiger partial charge in [0, 0.05) is 25.2 Å². The molecule has 1 aliphatic heterocycles. The summed E-state index contributed by atoms with van der Waals surface area (Å²) in [4.78, 5) is 38.0. The molecule has 1 aliphatic rings. The molecule has 1 saturated heterocycles. The number of amides is 2. The molecular formula is C18H22ClN3O5S. The van der Waals surface area contributed by atoms with E-state index in [1.165, 1.54) is 12.0 Å². The van der Waals surface area contributed by atoms with E-state index in [9.17, 15) is 14.4 Å². The van der Waals surface area contributed by atoms with Crippen molar-refractivity contribution < 1.29 is 23.9 Å². The molecule has 0 aliphatic carbocycles. The van der Waals surface area contributed by atoms with Crippen LogP contribution in [0.3, 0.4) is 0 Å². The van der Waals surface area contributed by atoms with Crippen molar-refractivity contribution in [2.45, 2.75) is 18.9 Å². The zero-order valence-electron chi connectivity index (χ0n) is 15.4. The highest BCUT2D eigenvalue weighted by Crippen LogP contribution is 2.12. The first kappa shape index (κ1) is 22.1. The maximum Gasteiger partial charge on any atom is 0.308 e. The fourth-order valence-electron chi connectivity index (χ4n) is 2.64. The molecule has 1 unspecified atom stereocenters. The summed E-state index contributed by atoms with van der Waals surface area (Å²) < 4.78 is 9.84. The average Bonchev–Trinajstić information content (AvgIpc) is 2.65. The minimum atomic E-state index is -0.841. The molecule has 10 heteroatoms. The lowest BCUT2D eigenvalue weighted by Gasteiger charge is -2.36. The fourth-order valence-corrected chi connectivity index (χ4v) is 3.10. The summed E-state index contributed by atoms with van der Waals surface area (Å²) in [5.74, 6) is -1.21. The van der Waals surface area contributed by atoms with Gasteiger partial charge >= 0.3 is 5.97 Å². The van der Waals surface area contributed by atoms with Crippen molar-refractivity contribution in [3.05, 3.63) is 34.9 Å². The Balaban J connectivity index is 1.94. The van der Waals surface area contributed by atoms with Crippen LogP contribution in [0.15, 0.2) is 24.3 Å². The maximum atomic E-state index is 12.3. The number of hydrogen-bond acceptors (Lipinski definition) is 6. The second-order valence-corrected chi connectivity index (χ2v) is 6.90. The van der Waals surface area contributed by atoms with Crippen LogP contribution in [0, 0.1) is 0 Å². The number of esters is 1. The molecule has 0 radical (unpaired) electrons. The van der Waals surface area contributed by atoms with Crippen LogP contribution in [0.4, 0.5) is 0 Å². The van der Waals surface area contributed by atoms with Gasteiger partial charge in [-0.3, -0.25) is 14.4 Å². The van der Waals surface area contributed by atoms with Gasteiger partial charge in [-0.05, 0) is 29.9 Å². The van der Waals surface area contributed by atoms with Crippen LogP contribution in [-0.2, 0) is 30.3 Å². The largest absolute Gasteiger partial charge is 0.463 e. The predicted molar refractivity (Wildman–Crippen MR) is 107 cm³/mol. The van der Waals surface area contributed by atoms with Gasteiger partial charge in [-0.2, -0.15) is 0 Å². The van der Waals surface area contributed by atoms with E-state index < -0.39 is 12.0 Å². The number of thiocarbonyl (C=S) groups is 1. The van der Waals surface area contributed by atoms with Gasteiger partial charge < -0.3 is 25.0 Å². The summed E-state index contributed by atoms with van der Waals surface area (Å²) in [6, 6.07) is 6.05. The molecule has 0 spiro atoms. The van der Waals surface area contributed by atoms with Gasteiger partial charge in [-0.1, -0.05) is 23.7 Å². The smallest absolute Gasteiger partial charge is 0.308 e. The maximum absolute atomic E-state index is 12.3. The molecule has 1 aromatic rings. The van der Waals surface area contributed by atoms with Crippen molar-refractivity contribution in [1.82, 2.24) is 15.5 Å². The third-order valence-electron chi connectivity index (χ3n) is 4.03. The van der Waals surface area contributed by atoms with E-state index >= 15 is 0 Å². The molecule has 0 saturated carbocycles. The number of carbonyl (C=O) groups is 3. The molecule has 2 N–H and O–H groups in total. The predicted octanol–water partition coefficient (Wildman–Crippen LogP) is 0.664. The van der Waals surface area contributed by atoms with Crippen LogP contribution in [-0.4, -0.2) is 67.3 Å². The number of rotatable bonds is 7. The third kappa shape index (κ3) is 6.74. The Kier molecular flexibility index (Phi) is 8.62. The first-order valence-corrected chi connectivity index (χ1v) is 9.46. The lowest BCUT2D eigenvalue weighted by molar-refractivity contribution is -0.148. The van der Waals surface area contributed by atoms with Crippen molar-refractivity contribution in [1.29, 1.82) is 0 Å². The monoisotopic (exact) mass is 427 g/mol. The van der Waals surface area contributed by atoms with Crippen LogP contribution in [0.1, 0.15) is 12.0 Å². The van der Waals surface area contributed by atoms with Crippen LogP contribution < -0.4 is 10.6 Å². The molecule has 1 heterocycles. The topological polar surface area (TPSA) is 97.0 Å². The van der Waals surface area contributed by atoms with Gasteiger partial charge in [0.25, 0.3) is 0 Å². The van der Waals surface area contributed by atoms with Crippen molar-refractivity contribution in [2.24, 2.45) is 0 Å². The first-order valence-electron chi connectivity index (χ1n) is 8.68. The van der Waals surface area contributed by atoms with Crippen LogP contribution in [0.25, 0.3) is 0 Å². The Hall–Kier alpha value is -2.23. The third-order valence-corrected chi connectivity index (χ3v) is 4.62. The molecule has 1 fully saturated rings. The molecule has 0 bridgehead atoms. The molecule has 8 nitrogen and oxygen atoms in total. The summed E-state index contributed by atoms with van der Waals surface area (Å²) in [6.45, 7) is 1.11. The molecule has 1 aromatic carbocycles. The molecule has 152 valence electrons. The molecule has 2 rings (SSSR count). The summed E-state index contributed by atoms with van der Waals surface area (Å²) >= 11 is 11.1. The van der Waals surface area contributed by atoms with E-state index in [0.29, 0.717) is 18.1 Å². The van der Waals surface area contributed by atoms with E-state index in [4.69, 9.17) is 33.3 Å². The van der Waals surface area contributed by atoms with E-state index in [1.807, 2.05) is 0 Å². The van der Waals surface area contributed by atoms with E-state index in [-0.39, 0.29) is 43.0 Å². The zero-order chi connectivity index (χ0) is 20.5. The first-order chi connectivity index (χ1) is 13.4. The second kappa shape index (κ2) is 10.9. The summed E-state index contributed by atoms with van der Waals surface area (Å²) in [5.41, 5.74) is 0.777. The number of ether oxygens (including phenoxy) is 2. The Morgan fingerprint density at radius 1 is 1.32 bits per heavy atom. The average molecular weight is 428 g/mol. The highest BCUT2D eigenvalue weighted by Gasteiger charge is 2.34. The van der Waals surface area contributed by atoms with Gasteiger partial charge in [0.1, 0.15) is 12.6 Å². The minimum Gasteiger partial charge on any atom is -0.463 e. The minimum absolute atomic E-state index is 0.100. The number of piperazine rings is 1. The Morgan fingerprint density at radius 3 is 2.71 bits per heavy atom. The number of hydrogen-bond donors (Lipinski definition) is 2. The molecule has 1 atom stereocenters. The number of methoxy groups -OCH3 is 1. The van der Waals surface area contributed by atoms with Crippen molar-refractivity contribution in [3.8, 4) is 0 Å². The van der Waals surface area contributed by atoms with Crippen molar-refractivity contribution in [2.75, 3.05) is 33.4 Å². The summed E-state index contributed by atoms with van der Waals surface area (Å²) in [7, 11) is 1.50. The van der Waals surface area contributed by atoms with Gasteiger partial charge in [0.05, 0.1) is 19.4 Å². The highest BCUT2D eigenvalue weighted by molar-refractivity contribution is 7.80. The standard InChI is InChI=1S/C18H22ClN3O5S/c1-26-8-9-27-16(24)11-14-17(25)20-6-7-22(14)18(28)21-15(23)10-12-2-4-13(19)5-3-12/h2-5,14H,6-11H2,1H3,(H,20,25)(H,21,23,28). The van der Waals surface area contributed by atoms with Crippen LogP contribution >= 0.6 is 23.8 Å². The number of nitrogens with one attached hydrogen (secondary N) is 2. The van der Waals surface area contributed by atoms with Crippen LogP contribution in [0.5, 0.6) is 0 Å². The number of carbonyl (C=O) groups excluding carboxylic acids is 3. The molecular weight excluding hydrogens is 406 g/mol. The number of benzene rings is 1. The van der Waals surface area contributed by atoms with Crippen molar-refractivity contribution >= 4 is 46.7 Å². The van der Waals surface area contributed by atoms with E-state index in [0.717, 1.165) is 5.56 Å². The Labute approximate surface area is 173 Å². The Morgan fingerprint density at radius 2 is 2.04 bits per heavy atom. The van der Waals surface area contributed by atoms with Gasteiger partial charge in [-0.25, -0.2) is 0 Å². The highest BCUT2D eigenvalue weighted by atomic mass is 35.5. The van der Waals surface area contributed by atoms with Crippen molar-refractivity contribution in [3.63, 3.8) is 0 Å². The summed E-state index contributed by atoms with van der Waals surface area (Å²) in [5, 5.41) is 6.00. The SMILES string of the molecule is COCCOC(=O)CC1C(=O)NCCN1C(=S)NC(=O)Cc1ccc(Cl)cc1. The fraction of sp³-hybridized carbons (Fsp3) is 0.444.